The number of carbonyl (C=O) groups excluding carboxylic acids is 2. The Balaban J connectivity index is 2.39. The van der Waals surface area contributed by atoms with Crippen molar-refractivity contribution < 1.29 is 9.59 Å². The number of nitrogens with zero attached hydrogens (tertiary/aromatic N) is 1. The Bertz CT molecular complexity index is 286. The number of rotatable bonds is 7. The number of amides is 2. The van der Waals surface area contributed by atoms with Crippen LogP contribution in [-0.4, -0.2) is 42.4 Å². The summed E-state index contributed by atoms with van der Waals surface area (Å²) in [5.41, 5.74) is 5.17. The summed E-state index contributed by atoms with van der Waals surface area (Å²) in [6.07, 6.45) is 4.77. The largest absolute Gasteiger partial charge is 0.368 e. The maximum absolute atomic E-state index is 12.0. The van der Waals surface area contributed by atoms with Gasteiger partial charge in [0.15, 0.2) is 0 Å². The van der Waals surface area contributed by atoms with E-state index >= 15 is 0 Å². The zero-order chi connectivity index (χ0) is 13.5. The number of carbonyl (C=O) groups is 2. The molecule has 5 nitrogen and oxygen atoms in total. The molecule has 0 radical (unpaired) electrons. The third-order valence-corrected chi connectivity index (χ3v) is 3.18. The first kappa shape index (κ1) is 15.0. The van der Waals surface area contributed by atoms with E-state index in [1.54, 1.807) is 4.90 Å². The van der Waals surface area contributed by atoms with E-state index in [-0.39, 0.29) is 12.5 Å². The molecule has 1 fully saturated rings. The van der Waals surface area contributed by atoms with Crippen molar-refractivity contribution in [2.24, 2.45) is 11.7 Å². The number of hydrogen-bond donors (Lipinski definition) is 2. The van der Waals surface area contributed by atoms with Gasteiger partial charge < -0.3 is 16.0 Å². The van der Waals surface area contributed by atoms with Crippen LogP contribution in [0.4, 0.5) is 0 Å². The van der Waals surface area contributed by atoms with Crippen molar-refractivity contribution in [1.82, 2.24) is 10.2 Å². The molecule has 0 spiro atoms. The van der Waals surface area contributed by atoms with Crippen LogP contribution >= 0.6 is 0 Å². The molecule has 0 atom stereocenters. The minimum Gasteiger partial charge on any atom is -0.368 e. The molecule has 3 N–H and O–H groups in total. The fourth-order valence-electron chi connectivity index (χ4n) is 2.36. The van der Waals surface area contributed by atoms with Crippen LogP contribution in [0.1, 0.15) is 39.5 Å². The van der Waals surface area contributed by atoms with Crippen LogP contribution in [0.5, 0.6) is 0 Å². The van der Waals surface area contributed by atoms with E-state index < -0.39 is 5.91 Å². The topological polar surface area (TPSA) is 75.4 Å². The van der Waals surface area contributed by atoms with Crippen LogP contribution < -0.4 is 11.1 Å². The number of hydrogen-bond acceptors (Lipinski definition) is 3. The van der Waals surface area contributed by atoms with Crippen LogP contribution in [-0.2, 0) is 9.59 Å². The van der Waals surface area contributed by atoms with Crippen molar-refractivity contribution in [1.29, 1.82) is 0 Å². The monoisotopic (exact) mass is 255 g/mol. The lowest BCUT2D eigenvalue weighted by Crippen LogP contribution is -2.45. The molecule has 104 valence electrons. The highest BCUT2D eigenvalue weighted by Gasteiger charge is 2.19. The molecule has 0 aromatic heterocycles. The average molecular weight is 255 g/mol. The molecule has 2 amide bonds. The van der Waals surface area contributed by atoms with E-state index in [0.717, 1.165) is 12.8 Å². The van der Waals surface area contributed by atoms with Crippen LogP contribution in [0.25, 0.3) is 0 Å². The zero-order valence-electron chi connectivity index (χ0n) is 11.4. The van der Waals surface area contributed by atoms with Gasteiger partial charge in [-0.3, -0.25) is 9.59 Å². The predicted molar refractivity (Wildman–Crippen MR) is 70.9 cm³/mol. The van der Waals surface area contributed by atoms with E-state index in [1.807, 2.05) is 13.8 Å². The van der Waals surface area contributed by atoms with Crippen molar-refractivity contribution in [2.75, 3.05) is 19.6 Å². The summed E-state index contributed by atoms with van der Waals surface area (Å²) in [5.74, 6) is -0.154. The molecule has 0 aliphatic heterocycles. The number of primary amides is 1. The third-order valence-electron chi connectivity index (χ3n) is 3.18. The molecule has 1 aliphatic rings. The van der Waals surface area contributed by atoms with Crippen molar-refractivity contribution in [3.05, 3.63) is 0 Å². The van der Waals surface area contributed by atoms with E-state index in [9.17, 15) is 9.59 Å². The molecule has 0 aromatic rings. The molecule has 0 bridgehead atoms. The summed E-state index contributed by atoms with van der Waals surface area (Å²) in [6.45, 7) is 4.94. The van der Waals surface area contributed by atoms with Crippen LogP contribution in [0.3, 0.4) is 0 Å². The lowest BCUT2D eigenvalue weighted by molar-refractivity contribution is -0.135. The van der Waals surface area contributed by atoms with Gasteiger partial charge in [0.25, 0.3) is 0 Å². The Labute approximate surface area is 109 Å². The molecular weight excluding hydrogens is 230 g/mol. The summed E-state index contributed by atoms with van der Waals surface area (Å²) >= 11 is 0. The second-order valence-corrected chi connectivity index (χ2v) is 5.50. The SMILES string of the molecule is CC(C)CN(CC(N)=O)C(=O)CNC1CCCC1. The number of nitrogens with two attached hydrogens (primary N) is 1. The highest BCUT2D eigenvalue weighted by Crippen LogP contribution is 2.17. The quantitative estimate of drug-likeness (QED) is 0.695. The van der Waals surface area contributed by atoms with Gasteiger partial charge in [-0.2, -0.15) is 0 Å². The van der Waals surface area contributed by atoms with E-state index in [0.29, 0.717) is 25.0 Å². The highest BCUT2D eigenvalue weighted by molar-refractivity contribution is 5.84. The fourth-order valence-corrected chi connectivity index (χ4v) is 2.36. The summed E-state index contributed by atoms with van der Waals surface area (Å²) in [4.78, 5) is 24.5. The third kappa shape index (κ3) is 5.49. The van der Waals surface area contributed by atoms with Crippen molar-refractivity contribution >= 4 is 11.8 Å². The summed E-state index contributed by atoms with van der Waals surface area (Å²) in [7, 11) is 0. The smallest absolute Gasteiger partial charge is 0.237 e. The molecule has 1 aliphatic carbocycles. The molecule has 5 heteroatoms. The summed E-state index contributed by atoms with van der Waals surface area (Å²) in [6, 6.07) is 0.462. The molecule has 0 aromatic carbocycles. The van der Waals surface area contributed by atoms with Gasteiger partial charge >= 0.3 is 0 Å². The lowest BCUT2D eigenvalue weighted by Gasteiger charge is -2.24. The molecule has 18 heavy (non-hydrogen) atoms. The van der Waals surface area contributed by atoms with Crippen molar-refractivity contribution in [2.45, 2.75) is 45.6 Å². The Hall–Kier alpha value is -1.10. The minimum absolute atomic E-state index is 0.0172. The van der Waals surface area contributed by atoms with E-state index in [2.05, 4.69) is 5.32 Å². The first-order chi connectivity index (χ1) is 8.49. The molecule has 1 saturated carbocycles. The van der Waals surface area contributed by atoms with Crippen LogP contribution in [0, 0.1) is 5.92 Å². The van der Waals surface area contributed by atoms with Crippen LogP contribution in [0.2, 0.25) is 0 Å². The average Bonchev–Trinajstić information content (AvgIpc) is 2.76. The number of nitrogens with one attached hydrogen (secondary N) is 1. The Morgan fingerprint density at radius 3 is 2.44 bits per heavy atom. The predicted octanol–water partition coefficient (Wildman–Crippen LogP) is 0.489. The molecule has 0 saturated heterocycles. The second-order valence-electron chi connectivity index (χ2n) is 5.50. The normalized spacial score (nSPS) is 16.2. The first-order valence-corrected chi connectivity index (χ1v) is 6.78. The van der Waals surface area contributed by atoms with Crippen molar-refractivity contribution in [3.63, 3.8) is 0 Å². The molecule has 0 unspecified atom stereocenters. The van der Waals surface area contributed by atoms with Gasteiger partial charge in [-0.05, 0) is 18.8 Å². The van der Waals surface area contributed by atoms with E-state index in [1.165, 1.54) is 12.8 Å². The summed E-state index contributed by atoms with van der Waals surface area (Å²) in [5, 5.41) is 3.26. The Morgan fingerprint density at radius 1 is 1.33 bits per heavy atom. The minimum atomic E-state index is -0.454. The van der Waals surface area contributed by atoms with Gasteiger partial charge in [0, 0.05) is 12.6 Å². The lowest BCUT2D eigenvalue weighted by atomic mass is 10.2. The fraction of sp³-hybridized carbons (Fsp3) is 0.846. The van der Waals surface area contributed by atoms with Gasteiger partial charge in [0.05, 0.1) is 13.1 Å². The standard InChI is InChI=1S/C13H25N3O2/c1-10(2)8-16(9-12(14)17)13(18)7-15-11-5-3-4-6-11/h10-11,15H,3-9H2,1-2H3,(H2,14,17). The molecule has 1 rings (SSSR count). The molecular formula is C13H25N3O2. The maximum atomic E-state index is 12.0. The highest BCUT2D eigenvalue weighted by atomic mass is 16.2. The first-order valence-electron chi connectivity index (χ1n) is 6.78. The van der Waals surface area contributed by atoms with Crippen LogP contribution in [0.15, 0.2) is 0 Å². The maximum Gasteiger partial charge on any atom is 0.237 e. The van der Waals surface area contributed by atoms with Gasteiger partial charge in [-0.25, -0.2) is 0 Å². The summed E-state index contributed by atoms with van der Waals surface area (Å²) < 4.78 is 0. The molecule has 0 heterocycles. The van der Waals surface area contributed by atoms with E-state index in [4.69, 9.17) is 5.73 Å². The van der Waals surface area contributed by atoms with Gasteiger partial charge in [0.1, 0.15) is 0 Å². The van der Waals surface area contributed by atoms with Gasteiger partial charge in [-0.1, -0.05) is 26.7 Å². The Kier molecular flexibility index (Phi) is 6.12. The Morgan fingerprint density at radius 2 is 1.94 bits per heavy atom. The van der Waals surface area contributed by atoms with Gasteiger partial charge in [-0.15, -0.1) is 0 Å². The van der Waals surface area contributed by atoms with Gasteiger partial charge in [0.2, 0.25) is 11.8 Å². The van der Waals surface area contributed by atoms with Crippen molar-refractivity contribution in [3.8, 4) is 0 Å². The second kappa shape index (κ2) is 7.36. The zero-order valence-corrected chi connectivity index (χ0v) is 11.4.